The Morgan fingerprint density at radius 3 is 1.57 bits per heavy atom. The second kappa shape index (κ2) is 15.6. The predicted octanol–water partition coefficient (Wildman–Crippen LogP) is 16.3. The molecule has 4 heterocycles. The first-order chi connectivity index (χ1) is 34.2. The van der Waals surface area contributed by atoms with Crippen LogP contribution in [0.2, 0.25) is 0 Å². The van der Waals surface area contributed by atoms with Gasteiger partial charge in [-0.1, -0.05) is 194 Å². The molecule has 6 heteroatoms. The molecule has 0 unspecified atom stereocenters. The largest absolute Gasteiger partial charge is 0.456 e. The molecular formula is C63H39N5O. The average Bonchev–Trinajstić information content (AvgIpc) is 4.10. The number of aromatic nitrogens is 5. The summed E-state index contributed by atoms with van der Waals surface area (Å²) in [6.07, 6.45) is 0. The molecule has 0 fully saturated rings. The maximum absolute atomic E-state index is 6.63. The molecule has 6 nitrogen and oxygen atoms in total. The summed E-state index contributed by atoms with van der Waals surface area (Å²) in [4.78, 5) is 16.3. The zero-order chi connectivity index (χ0) is 45.4. The first kappa shape index (κ1) is 38.8. The standard InChI is InChI=1S/C63H39N5O/c1-4-17-40(18-5-1)42-33-35-44(36-34-42)61-64-62(51-28-16-32-56-59(51)58-47(27-15-31-55(58)69-56)43-21-8-3-9-22-43)66-63(65-61)68-53-30-13-11-26-50(53)57-54(68)38-37-49-48-25-10-12-29-52(48)67(60(49)57)46-24-14-23-45(39-46)41-19-6-2-7-20-41/h1-39H. The van der Waals surface area contributed by atoms with Gasteiger partial charge in [0.1, 0.15) is 11.2 Å². The summed E-state index contributed by atoms with van der Waals surface area (Å²) in [7, 11) is 0. The van der Waals surface area contributed by atoms with Crippen LogP contribution in [0.5, 0.6) is 0 Å². The third kappa shape index (κ3) is 6.23. The van der Waals surface area contributed by atoms with Gasteiger partial charge in [0.2, 0.25) is 5.95 Å². The van der Waals surface area contributed by atoms with Crippen molar-refractivity contribution in [3.05, 3.63) is 237 Å². The predicted molar refractivity (Wildman–Crippen MR) is 283 cm³/mol. The van der Waals surface area contributed by atoms with E-state index in [0.717, 1.165) is 99.4 Å². The van der Waals surface area contributed by atoms with Gasteiger partial charge in [-0.2, -0.15) is 9.97 Å². The van der Waals surface area contributed by atoms with E-state index in [0.29, 0.717) is 17.6 Å². The molecule has 0 atom stereocenters. The van der Waals surface area contributed by atoms with E-state index < -0.39 is 0 Å². The zero-order valence-electron chi connectivity index (χ0n) is 37.2. The highest BCUT2D eigenvalue weighted by Gasteiger charge is 2.25. The molecule has 0 spiro atoms. The Kier molecular flexibility index (Phi) is 8.79. The minimum Gasteiger partial charge on any atom is -0.456 e. The number of para-hydroxylation sites is 2. The maximum atomic E-state index is 6.63. The quantitative estimate of drug-likeness (QED) is 0.160. The van der Waals surface area contributed by atoms with E-state index in [9.17, 15) is 0 Å². The number of hydrogen-bond donors (Lipinski definition) is 0. The third-order valence-electron chi connectivity index (χ3n) is 13.6. The van der Waals surface area contributed by atoms with Crippen LogP contribution in [0.3, 0.4) is 0 Å². The summed E-state index contributed by atoms with van der Waals surface area (Å²) in [5.74, 6) is 1.65. The fourth-order valence-electron chi connectivity index (χ4n) is 10.5. The minimum absolute atomic E-state index is 0.523. The van der Waals surface area contributed by atoms with Crippen LogP contribution in [0.1, 0.15) is 0 Å². The monoisotopic (exact) mass is 881 g/mol. The lowest BCUT2D eigenvalue weighted by Gasteiger charge is -2.13. The highest BCUT2D eigenvalue weighted by Crippen LogP contribution is 2.44. The van der Waals surface area contributed by atoms with Crippen molar-refractivity contribution >= 4 is 65.6 Å². The molecule has 14 rings (SSSR count). The molecule has 10 aromatic carbocycles. The summed E-state index contributed by atoms with van der Waals surface area (Å²) in [5.41, 5.74) is 15.5. The fourth-order valence-corrected chi connectivity index (χ4v) is 10.5. The van der Waals surface area contributed by atoms with Gasteiger partial charge >= 0.3 is 0 Å². The Labute approximate surface area is 396 Å². The molecule has 0 aliphatic rings. The second-order valence-electron chi connectivity index (χ2n) is 17.5. The van der Waals surface area contributed by atoms with E-state index in [1.807, 2.05) is 30.3 Å². The van der Waals surface area contributed by atoms with E-state index in [-0.39, 0.29) is 0 Å². The van der Waals surface area contributed by atoms with Crippen LogP contribution in [-0.2, 0) is 0 Å². The van der Waals surface area contributed by atoms with Crippen molar-refractivity contribution in [1.82, 2.24) is 24.1 Å². The van der Waals surface area contributed by atoms with Crippen LogP contribution in [0.25, 0.3) is 133 Å². The van der Waals surface area contributed by atoms with Gasteiger partial charge in [-0.15, -0.1) is 0 Å². The lowest BCUT2D eigenvalue weighted by atomic mass is 9.97. The SMILES string of the molecule is c1ccc(-c2ccc(-c3nc(-c4cccc5oc6cccc(-c7ccccc7)c6c45)nc(-n4c5ccccc5c5c4ccc4c6ccccc6n(-c6cccc(-c7ccccc7)c6)c45)n3)cc2)cc1. The van der Waals surface area contributed by atoms with Gasteiger partial charge in [0.25, 0.3) is 0 Å². The highest BCUT2D eigenvalue weighted by atomic mass is 16.3. The van der Waals surface area contributed by atoms with Crippen LogP contribution in [0.15, 0.2) is 241 Å². The Balaban J connectivity index is 1.06. The summed E-state index contributed by atoms with van der Waals surface area (Å²) >= 11 is 0. The van der Waals surface area contributed by atoms with E-state index in [1.54, 1.807) is 0 Å². The van der Waals surface area contributed by atoms with E-state index in [4.69, 9.17) is 19.4 Å². The van der Waals surface area contributed by atoms with Gasteiger partial charge < -0.3 is 8.98 Å². The number of furan rings is 1. The normalized spacial score (nSPS) is 11.8. The third-order valence-corrected chi connectivity index (χ3v) is 13.6. The molecule has 0 saturated carbocycles. The molecule has 0 aliphatic heterocycles. The highest BCUT2D eigenvalue weighted by molar-refractivity contribution is 6.26. The zero-order valence-corrected chi connectivity index (χ0v) is 37.2. The maximum Gasteiger partial charge on any atom is 0.238 e. The molecule has 14 aromatic rings. The molecule has 0 aliphatic carbocycles. The topological polar surface area (TPSA) is 61.7 Å². The molecule has 0 radical (unpaired) electrons. The molecule has 322 valence electrons. The van der Waals surface area contributed by atoms with E-state index in [1.165, 1.54) is 16.3 Å². The molecule has 0 saturated heterocycles. The molecule has 4 aromatic heterocycles. The summed E-state index contributed by atoms with van der Waals surface area (Å²) in [5, 5.41) is 6.57. The average molecular weight is 882 g/mol. The van der Waals surface area contributed by atoms with E-state index in [2.05, 4.69) is 215 Å². The molecular weight excluding hydrogens is 843 g/mol. The number of nitrogens with zero attached hydrogens (tertiary/aromatic N) is 5. The van der Waals surface area contributed by atoms with Gasteiger partial charge in [0, 0.05) is 49.1 Å². The van der Waals surface area contributed by atoms with Crippen LogP contribution in [-0.4, -0.2) is 24.1 Å². The fraction of sp³-hybridized carbons (Fsp3) is 0. The summed E-state index contributed by atoms with van der Waals surface area (Å²) in [6.45, 7) is 0. The molecule has 69 heavy (non-hydrogen) atoms. The number of benzene rings is 10. The number of fused-ring (bicyclic) bond motifs is 10. The lowest BCUT2D eigenvalue weighted by molar-refractivity contribution is 0.669. The van der Waals surface area contributed by atoms with Gasteiger partial charge in [-0.3, -0.25) is 4.57 Å². The smallest absolute Gasteiger partial charge is 0.238 e. The Bertz CT molecular complexity index is 4280. The first-order valence-electron chi connectivity index (χ1n) is 23.3. The second-order valence-corrected chi connectivity index (χ2v) is 17.5. The van der Waals surface area contributed by atoms with Crippen LogP contribution in [0, 0.1) is 0 Å². The summed E-state index contributed by atoms with van der Waals surface area (Å²) in [6, 6.07) is 83.2. The Morgan fingerprint density at radius 2 is 0.841 bits per heavy atom. The van der Waals surface area contributed by atoms with Crippen molar-refractivity contribution in [3.63, 3.8) is 0 Å². The molecule has 0 N–H and O–H groups in total. The lowest BCUT2D eigenvalue weighted by Crippen LogP contribution is -2.06. The number of hydrogen-bond acceptors (Lipinski definition) is 4. The first-order valence-corrected chi connectivity index (χ1v) is 23.3. The number of rotatable bonds is 7. The summed E-state index contributed by atoms with van der Waals surface area (Å²) < 4.78 is 11.3. The minimum atomic E-state index is 0.523. The van der Waals surface area contributed by atoms with Crippen LogP contribution >= 0.6 is 0 Å². The van der Waals surface area contributed by atoms with Gasteiger partial charge in [0.15, 0.2) is 11.6 Å². The Hall–Kier alpha value is -9.39. The van der Waals surface area contributed by atoms with Crippen molar-refractivity contribution in [2.45, 2.75) is 0 Å². The van der Waals surface area contributed by atoms with Crippen LogP contribution in [0.4, 0.5) is 0 Å². The van der Waals surface area contributed by atoms with Gasteiger partial charge in [-0.05, 0) is 75.8 Å². The van der Waals surface area contributed by atoms with Gasteiger partial charge in [-0.25, -0.2) is 4.98 Å². The molecule has 0 bridgehead atoms. The van der Waals surface area contributed by atoms with E-state index >= 15 is 0 Å². The van der Waals surface area contributed by atoms with Crippen molar-refractivity contribution < 1.29 is 4.42 Å². The van der Waals surface area contributed by atoms with Crippen molar-refractivity contribution in [3.8, 4) is 67.8 Å². The van der Waals surface area contributed by atoms with Crippen molar-refractivity contribution in [2.24, 2.45) is 0 Å². The van der Waals surface area contributed by atoms with Crippen molar-refractivity contribution in [1.29, 1.82) is 0 Å². The van der Waals surface area contributed by atoms with Crippen LogP contribution < -0.4 is 0 Å². The Morgan fingerprint density at radius 1 is 0.304 bits per heavy atom. The van der Waals surface area contributed by atoms with Gasteiger partial charge in [0.05, 0.1) is 22.1 Å². The van der Waals surface area contributed by atoms with Crippen molar-refractivity contribution in [2.75, 3.05) is 0 Å². The molecule has 0 amide bonds.